The van der Waals surface area contributed by atoms with Gasteiger partial charge in [0.1, 0.15) is 18.0 Å². The molecule has 5 aromatic carbocycles. The predicted molar refractivity (Wildman–Crippen MR) is 173 cm³/mol. The number of hydrogen-bond acceptors (Lipinski definition) is 6. The van der Waals surface area contributed by atoms with Gasteiger partial charge in [-0.1, -0.05) is 72.8 Å². The molecule has 0 aliphatic carbocycles. The zero-order valence-corrected chi connectivity index (χ0v) is 23.2. The van der Waals surface area contributed by atoms with Crippen molar-refractivity contribution in [3.63, 3.8) is 0 Å². The van der Waals surface area contributed by atoms with Gasteiger partial charge < -0.3 is 9.71 Å². The van der Waals surface area contributed by atoms with Gasteiger partial charge in [0, 0.05) is 40.8 Å². The second-order valence-corrected chi connectivity index (χ2v) is 11.9. The van der Waals surface area contributed by atoms with E-state index in [1.165, 1.54) is 49.3 Å². The highest BCUT2D eigenvalue weighted by molar-refractivity contribution is 7.21. The first-order chi connectivity index (χ1) is 20.2. The summed E-state index contributed by atoms with van der Waals surface area (Å²) in [7, 11) is 2.00. The third-order valence-electron chi connectivity index (χ3n) is 8.46. The maximum atomic E-state index is 5.01. The first-order valence-electron chi connectivity index (χ1n) is 13.9. The molecule has 0 spiro atoms. The number of aromatic nitrogens is 1. The quantitative estimate of drug-likeness (QED) is 0.232. The van der Waals surface area contributed by atoms with Gasteiger partial charge in [0.15, 0.2) is 0 Å². The SMILES string of the molecule is CN1CN(c2ccc3c(c2)B2c4cc(-c5nc6ccccc6s5)ccc4-c4ccccc4N2c2ccccc2-3)C=N1. The van der Waals surface area contributed by atoms with Gasteiger partial charge in [0.25, 0.3) is 0 Å². The molecule has 0 N–H and O–H groups in total. The van der Waals surface area contributed by atoms with E-state index in [-0.39, 0.29) is 6.85 Å². The number of thiazole rings is 1. The lowest BCUT2D eigenvalue weighted by Gasteiger charge is -2.43. The molecule has 5 nitrogen and oxygen atoms in total. The molecule has 0 saturated carbocycles. The maximum absolute atomic E-state index is 5.01. The Balaban J connectivity index is 1.31. The minimum absolute atomic E-state index is 0.0244. The Morgan fingerprint density at radius 2 is 1.39 bits per heavy atom. The average Bonchev–Trinajstić information content (AvgIpc) is 3.67. The fourth-order valence-corrected chi connectivity index (χ4v) is 7.59. The highest BCUT2D eigenvalue weighted by Crippen LogP contribution is 2.46. The first kappa shape index (κ1) is 22.9. The van der Waals surface area contributed by atoms with Crippen molar-refractivity contribution in [3.05, 3.63) is 109 Å². The topological polar surface area (TPSA) is 35.0 Å². The molecule has 0 bridgehead atoms. The van der Waals surface area contributed by atoms with Crippen LogP contribution in [0, 0.1) is 0 Å². The van der Waals surface area contributed by atoms with Crippen molar-refractivity contribution < 1.29 is 0 Å². The first-order valence-corrected chi connectivity index (χ1v) is 14.7. The molecular formula is C34H24BN5S. The van der Waals surface area contributed by atoms with Crippen molar-refractivity contribution in [2.45, 2.75) is 0 Å². The van der Waals surface area contributed by atoms with Gasteiger partial charge >= 0.3 is 6.85 Å². The zero-order valence-electron chi connectivity index (χ0n) is 22.4. The van der Waals surface area contributed by atoms with E-state index in [1.54, 1.807) is 11.3 Å². The van der Waals surface area contributed by atoms with Crippen LogP contribution in [0.1, 0.15) is 0 Å². The summed E-state index contributed by atoms with van der Waals surface area (Å²) in [6.07, 6.45) is 1.92. The molecule has 3 aliphatic heterocycles. The lowest BCUT2D eigenvalue weighted by molar-refractivity contribution is 0.393. The van der Waals surface area contributed by atoms with Crippen molar-refractivity contribution in [1.29, 1.82) is 0 Å². The Morgan fingerprint density at radius 1 is 0.707 bits per heavy atom. The van der Waals surface area contributed by atoms with E-state index < -0.39 is 0 Å². The summed E-state index contributed by atoms with van der Waals surface area (Å²) in [4.78, 5) is 9.77. The second kappa shape index (κ2) is 8.56. The third-order valence-corrected chi connectivity index (χ3v) is 9.54. The van der Waals surface area contributed by atoms with Crippen LogP contribution in [0.4, 0.5) is 17.1 Å². The van der Waals surface area contributed by atoms with Crippen LogP contribution in [0.2, 0.25) is 0 Å². The van der Waals surface area contributed by atoms with Gasteiger partial charge in [-0.05, 0) is 58.5 Å². The van der Waals surface area contributed by atoms with E-state index in [1.807, 2.05) is 18.4 Å². The predicted octanol–water partition coefficient (Wildman–Crippen LogP) is 6.52. The van der Waals surface area contributed by atoms with Gasteiger partial charge in [-0.25, -0.2) is 4.98 Å². The van der Waals surface area contributed by atoms with Gasteiger partial charge in [-0.15, -0.1) is 11.3 Å². The Labute approximate surface area is 242 Å². The highest BCUT2D eigenvalue weighted by Gasteiger charge is 2.42. The van der Waals surface area contributed by atoms with Crippen LogP contribution in [0.15, 0.2) is 114 Å². The standard InChI is InChI=1S/C34H24BN5S/c1-38-21-39(20-36-38)23-15-17-25-27-9-3-6-12-32(27)40-31-11-5-2-8-26(31)24-16-14-22(18-28(24)35(40)29(25)19-23)34-37-30-10-4-7-13-33(30)41-34/h2-20H,21H2,1H3. The average molecular weight is 545 g/mol. The van der Waals surface area contributed by atoms with E-state index >= 15 is 0 Å². The molecule has 4 heterocycles. The molecule has 41 heavy (non-hydrogen) atoms. The van der Waals surface area contributed by atoms with Crippen LogP contribution < -0.4 is 20.6 Å². The molecule has 0 amide bonds. The van der Waals surface area contributed by atoms with Crippen LogP contribution >= 0.6 is 11.3 Å². The molecule has 0 radical (unpaired) electrons. The molecule has 3 aliphatic rings. The second-order valence-electron chi connectivity index (χ2n) is 10.9. The molecular weight excluding hydrogens is 521 g/mol. The summed E-state index contributed by atoms with van der Waals surface area (Å²) in [5.41, 5.74) is 13.5. The van der Waals surface area contributed by atoms with Crippen molar-refractivity contribution in [2.75, 3.05) is 23.4 Å². The van der Waals surface area contributed by atoms with E-state index in [4.69, 9.17) is 4.98 Å². The number of rotatable bonds is 2. The van der Waals surface area contributed by atoms with E-state index in [9.17, 15) is 0 Å². The molecule has 0 fully saturated rings. The lowest BCUT2D eigenvalue weighted by Crippen LogP contribution is -2.59. The van der Waals surface area contributed by atoms with Gasteiger partial charge in [-0.3, -0.25) is 5.01 Å². The minimum Gasteiger partial charge on any atom is -0.376 e. The highest BCUT2D eigenvalue weighted by atomic mass is 32.1. The molecule has 194 valence electrons. The van der Waals surface area contributed by atoms with E-state index in [2.05, 4.69) is 124 Å². The van der Waals surface area contributed by atoms with Crippen LogP contribution in [0.5, 0.6) is 0 Å². The minimum atomic E-state index is 0.0244. The Bertz CT molecular complexity index is 2020. The van der Waals surface area contributed by atoms with Crippen LogP contribution in [0.3, 0.4) is 0 Å². The van der Waals surface area contributed by atoms with Gasteiger partial charge in [0.2, 0.25) is 0 Å². The fraction of sp³-hybridized carbons (Fsp3) is 0.0588. The normalized spacial score (nSPS) is 14.6. The number of benzene rings is 5. The van der Waals surface area contributed by atoms with E-state index in [0.29, 0.717) is 0 Å². The molecule has 0 atom stereocenters. The molecule has 0 unspecified atom stereocenters. The Morgan fingerprint density at radius 3 is 2.12 bits per heavy atom. The monoisotopic (exact) mass is 545 g/mol. The smallest absolute Gasteiger partial charge is 0.329 e. The van der Waals surface area contributed by atoms with Crippen molar-refractivity contribution in [1.82, 2.24) is 9.99 Å². The van der Waals surface area contributed by atoms with Crippen LogP contribution in [-0.4, -0.2) is 36.9 Å². The maximum Gasteiger partial charge on any atom is 0.329 e. The molecule has 6 aromatic rings. The molecule has 9 rings (SSSR count). The van der Waals surface area contributed by atoms with Crippen LogP contribution in [0.25, 0.3) is 43.0 Å². The summed E-state index contributed by atoms with van der Waals surface area (Å²) in [6, 6.07) is 39.9. The zero-order chi connectivity index (χ0) is 27.1. The largest absolute Gasteiger partial charge is 0.376 e. The number of nitrogens with zero attached hydrogens (tertiary/aromatic N) is 5. The van der Waals surface area contributed by atoms with Crippen molar-refractivity contribution >= 4 is 62.7 Å². The summed E-state index contributed by atoms with van der Waals surface area (Å²) < 4.78 is 1.21. The molecule has 1 aromatic heterocycles. The number of anilines is 3. The number of hydrogen-bond donors (Lipinski definition) is 0. The summed E-state index contributed by atoms with van der Waals surface area (Å²) in [6.45, 7) is 0.765. The molecule has 7 heteroatoms. The van der Waals surface area contributed by atoms with E-state index in [0.717, 1.165) is 28.4 Å². The number of para-hydroxylation sites is 3. The Kier molecular flexibility index (Phi) is 4.78. The third kappa shape index (κ3) is 3.36. The van der Waals surface area contributed by atoms with Crippen LogP contribution in [-0.2, 0) is 0 Å². The summed E-state index contributed by atoms with van der Waals surface area (Å²) in [5, 5.41) is 7.48. The van der Waals surface area contributed by atoms with Crippen molar-refractivity contribution in [2.24, 2.45) is 5.10 Å². The van der Waals surface area contributed by atoms with Gasteiger partial charge in [0.05, 0.1) is 10.2 Å². The van der Waals surface area contributed by atoms with Crippen molar-refractivity contribution in [3.8, 4) is 32.8 Å². The summed E-state index contributed by atoms with van der Waals surface area (Å²) >= 11 is 1.76. The fourth-order valence-electron chi connectivity index (χ4n) is 6.63. The lowest BCUT2D eigenvalue weighted by atomic mass is 9.43. The number of hydrazone groups is 1. The van der Waals surface area contributed by atoms with Gasteiger partial charge in [-0.2, -0.15) is 5.10 Å². The number of fused-ring (bicyclic) bond motifs is 12. The molecule has 0 saturated heterocycles. The summed E-state index contributed by atoms with van der Waals surface area (Å²) in [5.74, 6) is 0. The Hall–Kier alpha value is -4.88.